The molecule has 5 nitrogen and oxygen atoms in total. The van der Waals surface area contributed by atoms with Crippen LogP contribution >= 0.6 is 11.3 Å². The molecule has 1 amide bonds. The summed E-state index contributed by atoms with van der Waals surface area (Å²) in [6, 6.07) is 6.34. The number of nitrogens with one attached hydrogen (secondary N) is 1. The maximum absolute atomic E-state index is 12.0. The maximum atomic E-state index is 12.0. The molecule has 1 saturated heterocycles. The Kier molecular flexibility index (Phi) is 5.02. The molecule has 1 aromatic heterocycles. The molecule has 6 heteroatoms. The minimum absolute atomic E-state index is 0.0899. The summed E-state index contributed by atoms with van der Waals surface area (Å²) < 4.78 is 6.76. The first-order chi connectivity index (χ1) is 10.7. The van der Waals surface area contributed by atoms with Gasteiger partial charge in [0.15, 0.2) is 0 Å². The van der Waals surface area contributed by atoms with Gasteiger partial charge in [0, 0.05) is 26.2 Å². The number of ether oxygens (including phenoxy) is 1. The summed E-state index contributed by atoms with van der Waals surface area (Å²) in [7, 11) is 0. The Morgan fingerprint density at radius 3 is 3.05 bits per heavy atom. The Bertz CT molecular complexity index is 650. The number of carbonyl (C=O) groups excluding carboxylic acids is 1. The number of rotatable bonds is 5. The van der Waals surface area contributed by atoms with E-state index in [1.165, 1.54) is 10.3 Å². The number of amides is 1. The molecule has 22 heavy (non-hydrogen) atoms. The molecule has 1 aromatic carbocycles. The van der Waals surface area contributed by atoms with Crippen molar-refractivity contribution < 1.29 is 9.53 Å². The van der Waals surface area contributed by atoms with Crippen molar-refractivity contribution in [3.63, 3.8) is 0 Å². The molecule has 0 unspecified atom stereocenters. The number of benzene rings is 1. The van der Waals surface area contributed by atoms with E-state index in [9.17, 15) is 4.79 Å². The summed E-state index contributed by atoms with van der Waals surface area (Å²) in [6.45, 7) is 6.07. The van der Waals surface area contributed by atoms with Crippen LogP contribution in [-0.2, 0) is 16.0 Å². The van der Waals surface area contributed by atoms with E-state index in [0.717, 1.165) is 43.1 Å². The van der Waals surface area contributed by atoms with Crippen molar-refractivity contribution >= 4 is 27.5 Å². The molecule has 0 saturated carbocycles. The molecule has 0 radical (unpaired) electrons. The van der Waals surface area contributed by atoms with E-state index in [4.69, 9.17) is 4.74 Å². The number of thiazole rings is 1. The molecule has 0 atom stereocenters. The van der Waals surface area contributed by atoms with Crippen molar-refractivity contribution in [1.82, 2.24) is 15.2 Å². The van der Waals surface area contributed by atoms with Gasteiger partial charge in [0.25, 0.3) is 0 Å². The van der Waals surface area contributed by atoms with Crippen molar-refractivity contribution in [2.45, 2.75) is 13.3 Å². The Balaban J connectivity index is 1.44. The highest BCUT2D eigenvalue weighted by Gasteiger charge is 2.15. The number of aromatic nitrogens is 1. The number of aryl methyl sites for hydroxylation is 1. The topological polar surface area (TPSA) is 54.5 Å². The summed E-state index contributed by atoms with van der Waals surface area (Å²) in [4.78, 5) is 18.3. The van der Waals surface area contributed by atoms with Gasteiger partial charge in [-0.05, 0) is 31.0 Å². The van der Waals surface area contributed by atoms with Crippen LogP contribution in [0.5, 0.6) is 0 Å². The van der Waals surface area contributed by atoms with Crippen LogP contribution in [0, 0.1) is 6.92 Å². The van der Waals surface area contributed by atoms with Gasteiger partial charge in [-0.15, -0.1) is 11.3 Å². The van der Waals surface area contributed by atoms with Gasteiger partial charge >= 0.3 is 0 Å². The fourth-order valence-corrected chi connectivity index (χ4v) is 3.41. The smallest absolute Gasteiger partial charge is 0.248 e. The van der Waals surface area contributed by atoms with E-state index < -0.39 is 0 Å². The van der Waals surface area contributed by atoms with Crippen LogP contribution in [0.3, 0.4) is 0 Å². The number of carbonyl (C=O) groups is 1. The molecule has 118 valence electrons. The van der Waals surface area contributed by atoms with Gasteiger partial charge in [-0.25, -0.2) is 4.98 Å². The normalized spacial score (nSPS) is 15.4. The highest BCUT2D eigenvalue weighted by molar-refractivity contribution is 7.18. The molecule has 1 aliphatic heterocycles. The second-order valence-corrected chi connectivity index (χ2v) is 6.70. The largest absolute Gasteiger partial charge is 0.371 e. The Hall–Kier alpha value is -1.50. The molecule has 1 N–H and O–H groups in total. The lowest BCUT2D eigenvalue weighted by Gasteiger charge is -2.27. The summed E-state index contributed by atoms with van der Waals surface area (Å²) in [5, 5.41) is 4.32. The van der Waals surface area contributed by atoms with Crippen LogP contribution in [-0.4, -0.2) is 55.2 Å². The third-order valence-corrected chi connectivity index (χ3v) is 4.74. The van der Waals surface area contributed by atoms with Gasteiger partial charge < -0.3 is 15.0 Å². The average Bonchev–Trinajstić information content (AvgIpc) is 2.91. The molecule has 0 bridgehead atoms. The number of hydrogen-bond donors (Lipinski definition) is 1. The van der Waals surface area contributed by atoms with Crippen molar-refractivity contribution in [3.05, 3.63) is 28.8 Å². The van der Waals surface area contributed by atoms with E-state index in [2.05, 4.69) is 28.5 Å². The molecule has 0 aliphatic carbocycles. The lowest BCUT2D eigenvalue weighted by molar-refractivity contribution is -0.136. The highest BCUT2D eigenvalue weighted by atomic mass is 32.1. The first-order valence-electron chi connectivity index (χ1n) is 7.65. The van der Waals surface area contributed by atoms with E-state index in [0.29, 0.717) is 6.61 Å². The van der Waals surface area contributed by atoms with Crippen molar-refractivity contribution in [1.29, 1.82) is 0 Å². The SMILES string of the molecule is Cc1nc2cc(CCOCC(=O)N3CCNCC3)ccc2s1. The Labute approximate surface area is 134 Å². The standard InChI is InChI=1S/C16H21N3O2S/c1-12-18-14-10-13(2-3-15(14)22-12)4-9-21-11-16(20)19-7-5-17-6-8-19/h2-3,10,17H,4-9,11H2,1H3. The molecular formula is C16H21N3O2S. The van der Waals surface area contributed by atoms with E-state index in [-0.39, 0.29) is 12.5 Å². The van der Waals surface area contributed by atoms with Gasteiger partial charge in [-0.2, -0.15) is 0 Å². The van der Waals surface area contributed by atoms with Crippen molar-refractivity contribution in [3.8, 4) is 0 Å². The average molecular weight is 319 g/mol. The van der Waals surface area contributed by atoms with Crippen LogP contribution in [0.25, 0.3) is 10.2 Å². The quantitative estimate of drug-likeness (QED) is 0.851. The van der Waals surface area contributed by atoms with Gasteiger partial charge in [0.2, 0.25) is 5.91 Å². The second kappa shape index (κ2) is 7.17. The van der Waals surface area contributed by atoms with Gasteiger partial charge in [0.05, 0.1) is 21.8 Å². The van der Waals surface area contributed by atoms with Gasteiger partial charge in [-0.1, -0.05) is 6.07 Å². The molecular weight excluding hydrogens is 298 g/mol. The lowest BCUT2D eigenvalue weighted by atomic mass is 10.1. The summed E-state index contributed by atoms with van der Waals surface area (Å²) in [5.41, 5.74) is 2.25. The number of piperazine rings is 1. The zero-order valence-electron chi connectivity index (χ0n) is 12.8. The summed E-state index contributed by atoms with van der Waals surface area (Å²) in [5.74, 6) is 0.0899. The predicted octanol–water partition coefficient (Wildman–Crippen LogP) is 1.60. The van der Waals surface area contributed by atoms with Gasteiger partial charge in [-0.3, -0.25) is 4.79 Å². The van der Waals surface area contributed by atoms with Crippen LogP contribution in [0.15, 0.2) is 18.2 Å². The van der Waals surface area contributed by atoms with Crippen LogP contribution in [0.4, 0.5) is 0 Å². The van der Waals surface area contributed by atoms with E-state index >= 15 is 0 Å². The molecule has 0 spiro atoms. The zero-order chi connectivity index (χ0) is 15.4. The molecule has 1 fully saturated rings. The monoisotopic (exact) mass is 319 g/mol. The summed E-state index contributed by atoms with van der Waals surface area (Å²) >= 11 is 1.71. The van der Waals surface area contributed by atoms with E-state index in [1.807, 2.05) is 11.8 Å². The lowest BCUT2D eigenvalue weighted by Crippen LogP contribution is -2.47. The molecule has 2 aromatic rings. The number of hydrogen-bond acceptors (Lipinski definition) is 5. The van der Waals surface area contributed by atoms with Crippen molar-refractivity contribution in [2.24, 2.45) is 0 Å². The van der Waals surface area contributed by atoms with Crippen molar-refractivity contribution in [2.75, 3.05) is 39.4 Å². The summed E-state index contributed by atoms with van der Waals surface area (Å²) in [6.07, 6.45) is 0.807. The first kappa shape index (κ1) is 15.4. The molecule has 1 aliphatic rings. The van der Waals surface area contributed by atoms with Crippen LogP contribution < -0.4 is 5.32 Å². The first-order valence-corrected chi connectivity index (χ1v) is 8.46. The Morgan fingerprint density at radius 2 is 2.23 bits per heavy atom. The molecule has 2 heterocycles. The van der Waals surface area contributed by atoms with Crippen LogP contribution in [0.1, 0.15) is 10.6 Å². The minimum atomic E-state index is 0.0899. The fourth-order valence-electron chi connectivity index (χ4n) is 2.60. The third-order valence-electron chi connectivity index (χ3n) is 3.79. The predicted molar refractivity (Wildman–Crippen MR) is 88.3 cm³/mol. The minimum Gasteiger partial charge on any atom is -0.371 e. The maximum Gasteiger partial charge on any atom is 0.248 e. The van der Waals surface area contributed by atoms with Crippen LogP contribution in [0.2, 0.25) is 0 Å². The Morgan fingerprint density at radius 1 is 1.41 bits per heavy atom. The fraction of sp³-hybridized carbons (Fsp3) is 0.500. The highest BCUT2D eigenvalue weighted by Crippen LogP contribution is 2.22. The van der Waals surface area contributed by atoms with Gasteiger partial charge in [0.1, 0.15) is 6.61 Å². The number of nitrogens with zero attached hydrogens (tertiary/aromatic N) is 2. The second-order valence-electron chi connectivity index (χ2n) is 5.47. The molecule has 3 rings (SSSR count). The zero-order valence-corrected chi connectivity index (χ0v) is 13.6. The number of fused-ring (bicyclic) bond motifs is 1. The third kappa shape index (κ3) is 3.82. The van der Waals surface area contributed by atoms with E-state index in [1.54, 1.807) is 11.3 Å².